The number of benzene rings is 1. The molecule has 5 nitrogen and oxygen atoms in total. The monoisotopic (exact) mass is 361 g/mol. The highest BCUT2D eigenvalue weighted by Gasteiger charge is 2.42. The molecule has 0 radical (unpaired) electrons. The maximum absolute atomic E-state index is 11.7. The Labute approximate surface area is 147 Å². The molecule has 24 heavy (non-hydrogen) atoms. The van der Waals surface area contributed by atoms with Crippen LogP contribution in [0.3, 0.4) is 0 Å². The average Bonchev–Trinajstić information content (AvgIpc) is 3.25. The van der Waals surface area contributed by atoms with Gasteiger partial charge in [-0.15, -0.1) is 0 Å². The number of aromatic amines is 1. The van der Waals surface area contributed by atoms with Crippen molar-refractivity contribution in [2.75, 3.05) is 0 Å². The van der Waals surface area contributed by atoms with Crippen LogP contribution < -0.4 is 5.69 Å². The van der Waals surface area contributed by atoms with Crippen molar-refractivity contribution < 1.29 is 5.11 Å². The zero-order valence-corrected chi connectivity index (χ0v) is 13.9. The quantitative estimate of drug-likeness (QED) is 0.740. The molecule has 1 aliphatic rings. The summed E-state index contributed by atoms with van der Waals surface area (Å²) in [5.41, 5.74) is 2.37. The second kappa shape index (κ2) is 5.69. The van der Waals surface area contributed by atoms with Gasteiger partial charge < -0.3 is 10.1 Å². The summed E-state index contributed by atoms with van der Waals surface area (Å²) >= 11 is 12.1. The Balaban J connectivity index is 1.58. The second-order valence-electron chi connectivity index (χ2n) is 5.87. The van der Waals surface area contributed by atoms with Gasteiger partial charge in [0, 0.05) is 33.8 Å². The number of aromatic hydroxyl groups is 1. The molecule has 7 heteroatoms. The van der Waals surface area contributed by atoms with Gasteiger partial charge in [-0.1, -0.05) is 29.3 Å². The second-order valence-corrected chi connectivity index (χ2v) is 6.74. The Bertz CT molecular complexity index is 942. The number of pyridine rings is 1. The lowest BCUT2D eigenvalue weighted by atomic mass is 10.1. The predicted molar refractivity (Wildman–Crippen MR) is 92.8 cm³/mol. The van der Waals surface area contributed by atoms with Crippen molar-refractivity contribution in [1.29, 1.82) is 0 Å². The Kier molecular flexibility index (Phi) is 3.62. The molecule has 0 amide bonds. The number of nitrogens with zero attached hydrogens (tertiary/aromatic N) is 2. The third-order valence-corrected chi connectivity index (χ3v) is 4.69. The number of imidazole rings is 1. The summed E-state index contributed by atoms with van der Waals surface area (Å²) in [5.74, 6) is 0.138. The van der Waals surface area contributed by atoms with Gasteiger partial charge in [-0.25, -0.2) is 4.79 Å². The van der Waals surface area contributed by atoms with Gasteiger partial charge in [0.2, 0.25) is 5.88 Å². The summed E-state index contributed by atoms with van der Waals surface area (Å²) in [5, 5.41) is 10.9. The smallest absolute Gasteiger partial charge is 0.328 e. The highest BCUT2D eigenvalue weighted by Crippen LogP contribution is 2.51. The molecule has 2 aromatic heterocycles. The lowest BCUT2D eigenvalue weighted by Gasteiger charge is -2.06. The van der Waals surface area contributed by atoms with Crippen molar-refractivity contribution >= 4 is 23.2 Å². The first kappa shape index (κ1) is 15.3. The van der Waals surface area contributed by atoms with Crippen LogP contribution in [0, 0.1) is 0 Å². The molecule has 0 aliphatic heterocycles. The first-order valence-corrected chi connectivity index (χ1v) is 8.20. The van der Waals surface area contributed by atoms with Crippen LogP contribution in [0.5, 0.6) is 5.88 Å². The van der Waals surface area contributed by atoms with Crippen molar-refractivity contribution in [2.45, 2.75) is 18.4 Å². The SMILES string of the molecule is O=c1[nH]cc(O)n1C1CC1c1ccc(-c2cc(Cl)cc(Cl)c2)nc1. The molecule has 2 atom stereocenters. The number of aromatic nitrogens is 3. The molecule has 2 unspecified atom stereocenters. The number of hydrogen-bond donors (Lipinski definition) is 2. The largest absolute Gasteiger partial charge is 0.493 e. The Morgan fingerprint density at radius 2 is 1.96 bits per heavy atom. The van der Waals surface area contributed by atoms with E-state index in [2.05, 4.69) is 9.97 Å². The van der Waals surface area contributed by atoms with E-state index in [0.29, 0.717) is 10.0 Å². The van der Waals surface area contributed by atoms with E-state index in [1.54, 1.807) is 12.3 Å². The Morgan fingerprint density at radius 1 is 1.21 bits per heavy atom. The maximum Gasteiger partial charge on any atom is 0.328 e. The summed E-state index contributed by atoms with van der Waals surface area (Å²) in [6.07, 6.45) is 3.90. The highest BCUT2D eigenvalue weighted by molar-refractivity contribution is 6.35. The van der Waals surface area contributed by atoms with E-state index in [4.69, 9.17) is 23.2 Å². The molecular weight excluding hydrogens is 349 g/mol. The van der Waals surface area contributed by atoms with E-state index < -0.39 is 0 Å². The van der Waals surface area contributed by atoms with Crippen molar-refractivity contribution in [1.82, 2.24) is 14.5 Å². The fourth-order valence-electron chi connectivity index (χ4n) is 3.01. The zero-order chi connectivity index (χ0) is 16.8. The van der Waals surface area contributed by atoms with Gasteiger partial charge >= 0.3 is 5.69 Å². The van der Waals surface area contributed by atoms with Crippen LogP contribution in [0.2, 0.25) is 10.0 Å². The third kappa shape index (κ3) is 2.70. The minimum atomic E-state index is -0.293. The van der Waals surface area contributed by atoms with Crippen LogP contribution in [0.15, 0.2) is 47.5 Å². The fraction of sp³-hybridized carbons (Fsp3) is 0.176. The summed E-state index contributed by atoms with van der Waals surface area (Å²) < 4.78 is 1.38. The molecule has 122 valence electrons. The van der Waals surface area contributed by atoms with Crippen molar-refractivity contribution in [3.8, 4) is 17.1 Å². The fourth-order valence-corrected chi connectivity index (χ4v) is 3.54. The van der Waals surface area contributed by atoms with Gasteiger partial charge in [0.05, 0.1) is 11.9 Å². The molecule has 2 N–H and O–H groups in total. The highest BCUT2D eigenvalue weighted by atomic mass is 35.5. The van der Waals surface area contributed by atoms with Gasteiger partial charge in [-0.2, -0.15) is 0 Å². The molecule has 1 saturated carbocycles. The van der Waals surface area contributed by atoms with Crippen LogP contribution in [0.25, 0.3) is 11.3 Å². The van der Waals surface area contributed by atoms with E-state index in [1.807, 2.05) is 24.3 Å². The maximum atomic E-state index is 11.7. The lowest BCUT2D eigenvalue weighted by Crippen LogP contribution is -2.15. The van der Waals surface area contributed by atoms with Crippen molar-refractivity contribution in [2.24, 2.45) is 0 Å². The summed E-state index contributed by atoms with van der Waals surface area (Å²) in [4.78, 5) is 18.7. The van der Waals surface area contributed by atoms with Crippen LogP contribution in [-0.2, 0) is 0 Å². The predicted octanol–water partition coefficient (Wildman–Crippen LogP) is 3.98. The molecule has 4 rings (SSSR count). The summed E-state index contributed by atoms with van der Waals surface area (Å²) in [6.45, 7) is 0. The molecule has 2 heterocycles. The van der Waals surface area contributed by atoms with Crippen LogP contribution in [0.1, 0.15) is 23.9 Å². The summed E-state index contributed by atoms with van der Waals surface area (Å²) in [7, 11) is 0. The number of hydrogen-bond acceptors (Lipinski definition) is 3. The molecule has 3 aromatic rings. The average molecular weight is 362 g/mol. The lowest BCUT2D eigenvalue weighted by molar-refractivity contribution is 0.413. The van der Waals surface area contributed by atoms with E-state index in [9.17, 15) is 9.90 Å². The zero-order valence-electron chi connectivity index (χ0n) is 12.4. The van der Waals surface area contributed by atoms with Gasteiger partial charge in [-0.3, -0.25) is 9.55 Å². The van der Waals surface area contributed by atoms with Gasteiger partial charge in [0.1, 0.15) is 0 Å². The molecular formula is C17H13Cl2N3O2. The van der Waals surface area contributed by atoms with E-state index in [-0.39, 0.29) is 23.5 Å². The van der Waals surface area contributed by atoms with Crippen molar-refractivity contribution in [3.05, 3.63) is 68.8 Å². The number of H-pyrrole nitrogens is 1. The minimum absolute atomic E-state index is 0.0305. The standard InChI is InChI=1S/C17H13Cl2N3O2/c18-11-3-10(4-12(19)5-11)14-2-1-9(7-20-14)13-6-15(13)22-16(23)8-21-17(22)24/h1-5,7-8,13,15,23H,6H2,(H,21,24). The van der Waals surface area contributed by atoms with Gasteiger partial charge in [0.25, 0.3) is 0 Å². The first-order chi connectivity index (χ1) is 11.5. The third-order valence-electron chi connectivity index (χ3n) is 4.25. The molecule has 1 aromatic carbocycles. The molecule has 1 fully saturated rings. The van der Waals surface area contributed by atoms with E-state index in [1.165, 1.54) is 10.8 Å². The van der Waals surface area contributed by atoms with E-state index in [0.717, 1.165) is 23.2 Å². The van der Waals surface area contributed by atoms with Crippen LogP contribution >= 0.6 is 23.2 Å². The van der Waals surface area contributed by atoms with E-state index >= 15 is 0 Å². The van der Waals surface area contributed by atoms with Crippen LogP contribution in [0.4, 0.5) is 0 Å². The Hall–Kier alpha value is -2.24. The van der Waals surface area contributed by atoms with Crippen LogP contribution in [-0.4, -0.2) is 19.6 Å². The number of halogens is 2. The number of nitrogens with one attached hydrogen (secondary N) is 1. The number of rotatable bonds is 3. The Morgan fingerprint density at radius 3 is 2.54 bits per heavy atom. The van der Waals surface area contributed by atoms with Gasteiger partial charge in [0.15, 0.2) is 0 Å². The van der Waals surface area contributed by atoms with Crippen molar-refractivity contribution in [3.63, 3.8) is 0 Å². The summed E-state index contributed by atoms with van der Waals surface area (Å²) in [6, 6.07) is 9.16. The van der Waals surface area contributed by atoms with Gasteiger partial charge in [-0.05, 0) is 36.2 Å². The molecule has 0 spiro atoms. The molecule has 1 aliphatic carbocycles. The first-order valence-electron chi connectivity index (χ1n) is 7.44. The topological polar surface area (TPSA) is 70.9 Å². The molecule has 0 bridgehead atoms. The molecule has 0 saturated heterocycles. The minimum Gasteiger partial charge on any atom is -0.493 e. The normalized spacial score (nSPS) is 19.4.